The van der Waals surface area contributed by atoms with Crippen LogP contribution in [-0.4, -0.2) is 40.5 Å². The molecule has 0 radical (unpaired) electrons. The van der Waals surface area contributed by atoms with Crippen LogP contribution in [0.15, 0.2) is 76.4 Å². The van der Waals surface area contributed by atoms with Gasteiger partial charge in [0.2, 0.25) is 5.78 Å². The molecule has 8 nitrogen and oxygen atoms in total. The van der Waals surface area contributed by atoms with E-state index in [0.29, 0.717) is 28.9 Å². The maximum atomic E-state index is 13.9. The van der Waals surface area contributed by atoms with E-state index in [0.717, 1.165) is 16.7 Å². The number of hydrogen-bond donors (Lipinski definition) is 2. The average molecular weight is 528 g/mol. The number of aliphatic hydroxyl groups is 1. The van der Waals surface area contributed by atoms with Gasteiger partial charge in [-0.2, -0.15) is 0 Å². The third kappa shape index (κ3) is 4.58. The first-order valence-electron chi connectivity index (χ1n) is 12.6. The second-order valence-electron chi connectivity index (χ2n) is 9.51. The predicted molar refractivity (Wildman–Crippen MR) is 145 cm³/mol. The summed E-state index contributed by atoms with van der Waals surface area (Å²) in [6.07, 6.45) is 0. The Labute approximate surface area is 225 Å². The van der Waals surface area contributed by atoms with Crippen molar-refractivity contribution < 1.29 is 33.7 Å². The van der Waals surface area contributed by atoms with Gasteiger partial charge in [0.25, 0.3) is 5.91 Å². The number of para-hydroxylation sites is 1. The fraction of sp³-hybridized carbons (Fsp3) is 0.226. The normalized spacial score (nSPS) is 15.3. The number of Topliss-reactive ketones (excluding diaryl/α,β-unsaturated/α-hetero) is 1. The third-order valence-electron chi connectivity index (χ3n) is 6.94. The van der Waals surface area contributed by atoms with Crippen LogP contribution in [-0.2, 0) is 11.3 Å². The topological polar surface area (TPSA) is 109 Å². The van der Waals surface area contributed by atoms with Crippen molar-refractivity contribution in [3.63, 3.8) is 0 Å². The molecular formula is C31H29NO7. The van der Waals surface area contributed by atoms with Crippen molar-refractivity contribution in [1.29, 1.82) is 0 Å². The number of carbonyl (C=O) groups is 2. The van der Waals surface area contributed by atoms with Gasteiger partial charge < -0.3 is 29.0 Å². The molecule has 0 bridgehead atoms. The molecule has 200 valence electrons. The number of aliphatic hydroxyl groups excluding tert-OH is 1. The number of aromatic hydroxyl groups is 1. The number of aryl methyl sites for hydroxylation is 2. The number of amides is 1. The van der Waals surface area contributed by atoms with Gasteiger partial charge in [-0.05, 0) is 61.7 Å². The van der Waals surface area contributed by atoms with Crippen molar-refractivity contribution in [3.05, 3.63) is 100 Å². The van der Waals surface area contributed by atoms with E-state index in [1.165, 1.54) is 18.1 Å². The summed E-state index contributed by atoms with van der Waals surface area (Å²) >= 11 is 0. The fourth-order valence-electron chi connectivity index (χ4n) is 4.96. The van der Waals surface area contributed by atoms with Gasteiger partial charge in [-0.25, -0.2) is 0 Å². The third-order valence-corrected chi connectivity index (χ3v) is 6.94. The molecule has 0 fully saturated rings. The molecular weight excluding hydrogens is 498 g/mol. The van der Waals surface area contributed by atoms with Crippen molar-refractivity contribution in [2.75, 3.05) is 13.7 Å². The number of phenols is 1. The number of fused-ring (bicyclic) bond motifs is 1. The summed E-state index contributed by atoms with van der Waals surface area (Å²) < 4.78 is 16.8. The van der Waals surface area contributed by atoms with Crippen molar-refractivity contribution in [1.82, 2.24) is 4.90 Å². The highest BCUT2D eigenvalue weighted by atomic mass is 16.5. The lowest BCUT2D eigenvalue weighted by Gasteiger charge is -2.28. The number of hydrogen-bond acceptors (Lipinski definition) is 7. The van der Waals surface area contributed by atoms with Gasteiger partial charge >= 0.3 is 0 Å². The van der Waals surface area contributed by atoms with Crippen molar-refractivity contribution in [2.24, 2.45) is 0 Å². The van der Waals surface area contributed by atoms with E-state index < -0.39 is 23.5 Å². The maximum Gasteiger partial charge on any atom is 0.290 e. The second-order valence-corrected chi connectivity index (χ2v) is 9.51. The SMILES string of the molecule is CCOc1cc(C2C(C(=O)c3cc4cccc(OC)c4o3)=C(O)C(=O)N2Cc2cc(C)ccc2C)ccc1O. The number of furan rings is 1. The Balaban J connectivity index is 1.64. The van der Waals surface area contributed by atoms with Crippen LogP contribution >= 0.6 is 0 Å². The first-order valence-corrected chi connectivity index (χ1v) is 12.6. The molecule has 2 N–H and O–H groups in total. The van der Waals surface area contributed by atoms with E-state index in [9.17, 15) is 19.8 Å². The van der Waals surface area contributed by atoms with Crippen molar-refractivity contribution >= 4 is 22.7 Å². The first-order chi connectivity index (χ1) is 18.7. The monoisotopic (exact) mass is 527 g/mol. The summed E-state index contributed by atoms with van der Waals surface area (Å²) in [6.45, 7) is 6.14. The number of ketones is 1. The highest BCUT2D eigenvalue weighted by Gasteiger charge is 2.45. The molecule has 0 saturated carbocycles. The van der Waals surface area contributed by atoms with Crippen LogP contribution in [0.1, 0.15) is 45.8 Å². The molecule has 5 rings (SSSR count). The van der Waals surface area contributed by atoms with Crippen LogP contribution in [0, 0.1) is 13.8 Å². The van der Waals surface area contributed by atoms with Crippen molar-refractivity contribution in [3.8, 4) is 17.2 Å². The molecule has 0 spiro atoms. The van der Waals surface area contributed by atoms with Gasteiger partial charge in [0.05, 0.1) is 25.3 Å². The van der Waals surface area contributed by atoms with E-state index in [1.54, 1.807) is 43.3 Å². The highest BCUT2D eigenvalue weighted by molar-refractivity contribution is 6.16. The van der Waals surface area contributed by atoms with Crippen LogP contribution in [0.4, 0.5) is 0 Å². The summed E-state index contributed by atoms with van der Waals surface area (Å²) in [7, 11) is 1.50. The van der Waals surface area contributed by atoms with Gasteiger partial charge in [-0.3, -0.25) is 9.59 Å². The second kappa shape index (κ2) is 10.2. The zero-order valence-corrected chi connectivity index (χ0v) is 22.1. The number of nitrogens with zero attached hydrogens (tertiary/aromatic N) is 1. The Morgan fingerprint density at radius 1 is 1.03 bits per heavy atom. The lowest BCUT2D eigenvalue weighted by molar-refractivity contribution is -0.130. The minimum atomic E-state index is -0.958. The minimum absolute atomic E-state index is 0.0359. The summed E-state index contributed by atoms with van der Waals surface area (Å²) in [4.78, 5) is 28.9. The largest absolute Gasteiger partial charge is 0.504 e. The quantitative estimate of drug-likeness (QED) is 0.273. The van der Waals surface area contributed by atoms with E-state index in [4.69, 9.17) is 13.9 Å². The Morgan fingerprint density at radius 2 is 1.82 bits per heavy atom. The van der Waals surface area contributed by atoms with Crippen molar-refractivity contribution in [2.45, 2.75) is 33.4 Å². The summed E-state index contributed by atoms with van der Waals surface area (Å²) in [6, 6.07) is 16.5. The molecule has 0 aliphatic carbocycles. The molecule has 1 aromatic heterocycles. The first kappa shape index (κ1) is 25.9. The van der Waals surface area contributed by atoms with E-state index in [-0.39, 0.29) is 29.4 Å². The van der Waals surface area contributed by atoms with E-state index in [2.05, 4.69) is 0 Å². The van der Waals surface area contributed by atoms with Crippen LogP contribution in [0.2, 0.25) is 0 Å². The van der Waals surface area contributed by atoms with Crippen LogP contribution in [0.25, 0.3) is 11.0 Å². The Hall–Kier alpha value is -4.72. The maximum absolute atomic E-state index is 13.9. The van der Waals surface area contributed by atoms with Crippen LogP contribution < -0.4 is 9.47 Å². The van der Waals surface area contributed by atoms with Gasteiger partial charge in [-0.1, -0.05) is 42.0 Å². The van der Waals surface area contributed by atoms with Crippen LogP contribution in [0.3, 0.4) is 0 Å². The molecule has 39 heavy (non-hydrogen) atoms. The molecule has 2 heterocycles. The number of ether oxygens (including phenoxy) is 2. The number of methoxy groups -OCH3 is 1. The average Bonchev–Trinajstić information content (AvgIpc) is 3.47. The Kier molecular flexibility index (Phi) is 6.78. The zero-order chi connectivity index (χ0) is 27.8. The molecule has 1 unspecified atom stereocenters. The molecule has 8 heteroatoms. The number of phenolic OH excluding ortho intramolecular Hbond substituents is 1. The lowest BCUT2D eigenvalue weighted by Crippen LogP contribution is -2.31. The zero-order valence-electron chi connectivity index (χ0n) is 22.1. The molecule has 1 amide bonds. The number of benzene rings is 3. The van der Waals surface area contributed by atoms with Crippen LogP contribution in [0.5, 0.6) is 17.2 Å². The molecule has 1 aliphatic rings. The lowest BCUT2D eigenvalue weighted by atomic mass is 9.94. The molecule has 0 saturated heterocycles. The predicted octanol–water partition coefficient (Wildman–Crippen LogP) is 5.94. The summed E-state index contributed by atoms with van der Waals surface area (Å²) in [5, 5.41) is 22.1. The summed E-state index contributed by atoms with van der Waals surface area (Å²) in [5.74, 6) is -1.39. The standard InChI is InChI=1S/C31H29NO7/c1-5-38-24-14-19(11-12-22(24)33)27-26(28(34)25-15-20-7-6-8-23(37-4)30(20)39-25)29(35)31(36)32(27)16-21-13-17(2)9-10-18(21)3/h6-15,27,33,35H,5,16H2,1-4H3. The van der Waals surface area contributed by atoms with E-state index in [1.807, 2.05) is 32.0 Å². The van der Waals surface area contributed by atoms with Gasteiger partial charge in [0.1, 0.15) is 0 Å². The molecule has 4 aromatic rings. The minimum Gasteiger partial charge on any atom is -0.504 e. The van der Waals surface area contributed by atoms with E-state index >= 15 is 0 Å². The van der Waals surface area contributed by atoms with Gasteiger partial charge in [0.15, 0.2) is 34.4 Å². The number of carbonyl (C=O) groups excluding carboxylic acids is 2. The fourth-order valence-corrected chi connectivity index (χ4v) is 4.96. The molecule has 3 aromatic carbocycles. The molecule has 1 atom stereocenters. The summed E-state index contributed by atoms with van der Waals surface area (Å²) in [5.41, 5.74) is 3.64. The van der Waals surface area contributed by atoms with Gasteiger partial charge in [0, 0.05) is 11.9 Å². The smallest absolute Gasteiger partial charge is 0.290 e. The number of rotatable bonds is 8. The Bertz CT molecular complexity index is 1630. The molecule has 1 aliphatic heterocycles. The highest BCUT2D eigenvalue weighted by Crippen LogP contribution is 2.43. The Morgan fingerprint density at radius 3 is 2.56 bits per heavy atom. The van der Waals surface area contributed by atoms with Gasteiger partial charge in [-0.15, -0.1) is 0 Å².